The topological polar surface area (TPSA) is 59.9 Å². The third-order valence-electron chi connectivity index (χ3n) is 1.58. The van der Waals surface area contributed by atoms with E-state index in [2.05, 4.69) is 10.3 Å². The van der Waals surface area contributed by atoms with Crippen molar-refractivity contribution in [3.63, 3.8) is 0 Å². The van der Waals surface area contributed by atoms with Crippen molar-refractivity contribution < 1.29 is 14.3 Å². The summed E-state index contributed by atoms with van der Waals surface area (Å²) in [5.74, 6) is 0. The van der Waals surface area contributed by atoms with Crippen molar-refractivity contribution in [1.82, 2.24) is 5.32 Å². The number of carbonyl (C=O) groups excluding carboxylic acids is 1. The highest BCUT2D eigenvalue weighted by atomic mass is 16.7. The molecule has 5 nitrogen and oxygen atoms in total. The number of rotatable bonds is 8. The third kappa shape index (κ3) is 8.38. The minimum atomic E-state index is -0.693. The first-order valence-corrected chi connectivity index (χ1v) is 5.80. The minimum absolute atomic E-state index is 0.431. The summed E-state index contributed by atoms with van der Waals surface area (Å²) in [5.41, 5.74) is 0. The molecule has 0 aromatic heterocycles. The zero-order valence-corrected chi connectivity index (χ0v) is 10.4. The van der Waals surface area contributed by atoms with Crippen molar-refractivity contribution in [2.24, 2.45) is 4.99 Å². The maximum Gasteiger partial charge on any atom is 0.344 e. The Hall–Kier alpha value is -0.940. The Kier molecular flexibility index (Phi) is 9.95. The predicted molar refractivity (Wildman–Crippen MR) is 63.6 cm³/mol. The lowest BCUT2D eigenvalue weighted by atomic mass is 10.5. The summed E-state index contributed by atoms with van der Waals surface area (Å²) in [4.78, 5) is 14.9. The summed E-state index contributed by atoms with van der Waals surface area (Å²) in [6.45, 7) is 7.00. The molecule has 0 saturated carbocycles. The zero-order valence-electron chi connectivity index (χ0n) is 10.4. The van der Waals surface area contributed by atoms with Crippen LogP contribution in [-0.2, 0) is 9.47 Å². The first-order valence-electron chi connectivity index (χ1n) is 5.80. The lowest BCUT2D eigenvalue weighted by Gasteiger charge is -2.17. The van der Waals surface area contributed by atoms with Crippen LogP contribution in [0.1, 0.15) is 40.0 Å². The highest BCUT2D eigenvalue weighted by Gasteiger charge is 2.10. The number of nitrogens with one attached hydrogen (secondary N) is 1. The number of nitrogens with zero attached hydrogens (tertiary/aromatic N) is 1. The molecule has 0 fully saturated rings. The van der Waals surface area contributed by atoms with Gasteiger partial charge in [0.1, 0.15) is 0 Å². The number of aliphatic imine (C=N–C) groups is 1. The molecule has 0 unspecified atom stereocenters. The Balaban J connectivity index is 3.97. The van der Waals surface area contributed by atoms with Gasteiger partial charge in [-0.15, -0.1) is 0 Å². The van der Waals surface area contributed by atoms with E-state index < -0.39 is 12.4 Å². The number of amides is 2. The van der Waals surface area contributed by atoms with Gasteiger partial charge in [0.25, 0.3) is 0 Å². The Morgan fingerprint density at radius 3 is 2.25 bits per heavy atom. The van der Waals surface area contributed by atoms with E-state index in [0.29, 0.717) is 13.2 Å². The Labute approximate surface area is 97.2 Å². The van der Waals surface area contributed by atoms with Crippen molar-refractivity contribution in [2.75, 3.05) is 13.2 Å². The molecule has 0 atom stereocenters. The molecular formula is C11H22N2O3. The first kappa shape index (κ1) is 15.1. The molecule has 0 aliphatic carbocycles. The Morgan fingerprint density at radius 1 is 1.25 bits per heavy atom. The van der Waals surface area contributed by atoms with E-state index in [0.717, 1.165) is 19.3 Å². The lowest BCUT2D eigenvalue weighted by molar-refractivity contribution is -0.152. The minimum Gasteiger partial charge on any atom is -0.335 e. The molecule has 0 saturated heterocycles. The molecule has 0 heterocycles. The fourth-order valence-electron chi connectivity index (χ4n) is 0.894. The van der Waals surface area contributed by atoms with Gasteiger partial charge in [0.2, 0.25) is 6.41 Å². The Bertz CT molecular complexity index is 199. The fraction of sp³-hybridized carbons (Fsp3) is 0.818. The van der Waals surface area contributed by atoms with Gasteiger partial charge >= 0.3 is 6.03 Å². The monoisotopic (exact) mass is 230 g/mol. The van der Waals surface area contributed by atoms with Gasteiger partial charge in [-0.2, -0.15) is 0 Å². The zero-order chi connectivity index (χ0) is 12.2. The number of hydrogen-bond acceptors (Lipinski definition) is 3. The molecule has 5 heteroatoms. The fourth-order valence-corrected chi connectivity index (χ4v) is 0.894. The van der Waals surface area contributed by atoms with Crippen molar-refractivity contribution in [3.05, 3.63) is 0 Å². The van der Waals surface area contributed by atoms with Crippen LogP contribution in [0.5, 0.6) is 0 Å². The van der Waals surface area contributed by atoms with Crippen LogP contribution in [0, 0.1) is 0 Å². The van der Waals surface area contributed by atoms with E-state index in [9.17, 15) is 4.79 Å². The van der Waals surface area contributed by atoms with Crippen LogP contribution in [-0.4, -0.2) is 31.9 Å². The van der Waals surface area contributed by atoms with Crippen molar-refractivity contribution in [2.45, 2.75) is 46.4 Å². The largest absolute Gasteiger partial charge is 0.344 e. The summed E-state index contributed by atoms with van der Waals surface area (Å²) in [5, 5.41) is 2.54. The van der Waals surface area contributed by atoms with E-state index in [4.69, 9.17) is 9.47 Å². The maximum absolute atomic E-state index is 11.3. The number of ether oxygens (including phenoxy) is 2. The molecule has 0 bridgehead atoms. The van der Waals surface area contributed by atoms with Crippen LogP contribution in [0.2, 0.25) is 0 Å². The SMILES string of the molecule is CCC=NC(=O)NC(OCCC)OCCC. The van der Waals surface area contributed by atoms with Gasteiger partial charge in [-0.3, -0.25) is 5.32 Å². The highest BCUT2D eigenvalue weighted by molar-refractivity contribution is 5.83. The van der Waals surface area contributed by atoms with Gasteiger partial charge in [-0.1, -0.05) is 20.8 Å². The molecule has 0 aromatic rings. The third-order valence-corrected chi connectivity index (χ3v) is 1.58. The molecule has 0 aromatic carbocycles. The maximum atomic E-state index is 11.3. The quantitative estimate of drug-likeness (QED) is 0.514. The second-order valence-corrected chi connectivity index (χ2v) is 3.24. The number of urea groups is 1. The van der Waals surface area contributed by atoms with Gasteiger partial charge < -0.3 is 9.47 Å². The summed E-state index contributed by atoms with van der Waals surface area (Å²) in [6, 6.07) is -0.431. The standard InChI is InChI=1S/C11H22N2O3/c1-4-7-12-10(14)13-11(15-8-5-2)16-9-6-3/h7,11H,4-6,8-9H2,1-3H3,(H,13,14). The second kappa shape index (κ2) is 10.6. The molecule has 0 spiro atoms. The highest BCUT2D eigenvalue weighted by Crippen LogP contribution is 1.95. The van der Waals surface area contributed by atoms with Gasteiger partial charge in [0.15, 0.2) is 0 Å². The van der Waals surface area contributed by atoms with Gasteiger partial charge in [-0.05, 0) is 19.3 Å². The lowest BCUT2D eigenvalue weighted by Crippen LogP contribution is -2.38. The van der Waals surface area contributed by atoms with E-state index in [1.54, 1.807) is 6.21 Å². The van der Waals surface area contributed by atoms with Crippen LogP contribution >= 0.6 is 0 Å². The molecule has 2 amide bonds. The van der Waals surface area contributed by atoms with Gasteiger partial charge in [0.05, 0.1) is 13.2 Å². The Morgan fingerprint density at radius 2 is 1.81 bits per heavy atom. The molecule has 0 aliphatic heterocycles. The van der Waals surface area contributed by atoms with Gasteiger partial charge in [-0.25, -0.2) is 9.79 Å². The van der Waals surface area contributed by atoms with E-state index in [1.165, 1.54) is 0 Å². The number of hydrogen-bond donors (Lipinski definition) is 1. The summed E-state index contributed by atoms with van der Waals surface area (Å²) in [6.07, 6.45) is 3.33. The molecule has 94 valence electrons. The van der Waals surface area contributed by atoms with Crippen LogP contribution in [0.15, 0.2) is 4.99 Å². The predicted octanol–water partition coefficient (Wildman–Crippen LogP) is 2.31. The average Bonchev–Trinajstić information content (AvgIpc) is 2.30. The molecule has 0 rings (SSSR count). The van der Waals surface area contributed by atoms with Crippen molar-refractivity contribution in [1.29, 1.82) is 0 Å². The summed E-state index contributed by atoms with van der Waals surface area (Å²) in [7, 11) is 0. The van der Waals surface area contributed by atoms with Crippen LogP contribution in [0.3, 0.4) is 0 Å². The molecule has 16 heavy (non-hydrogen) atoms. The smallest absolute Gasteiger partial charge is 0.335 e. The summed E-state index contributed by atoms with van der Waals surface area (Å²) >= 11 is 0. The number of carbonyl (C=O) groups is 1. The van der Waals surface area contributed by atoms with Crippen molar-refractivity contribution in [3.8, 4) is 0 Å². The van der Waals surface area contributed by atoms with Crippen LogP contribution in [0.25, 0.3) is 0 Å². The first-order chi connectivity index (χ1) is 7.74. The van der Waals surface area contributed by atoms with E-state index in [1.807, 2.05) is 20.8 Å². The molecule has 1 N–H and O–H groups in total. The molecule has 0 radical (unpaired) electrons. The van der Waals surface area contributed by atoms with Crippen LogP contribution < -0.4 is 5.32 Å². The summed E-state index contributed by atoms with van der Waals surface area (Å²) < 4.78 is 10.6. The second-order valence-electron chi connectivity index (χ2n) is 3.24. The van der Waals surface area contributed by atoms with Gasteiger partial charge in [0, 0.05) is 6.21 Å². The normalized spacial score (nSPS) is 11.2. The van der Waals surface area contributed by atoms with Crippen LogP contribution in [0.4, 0.5) is 4.79 Å². The van der Waals surface area contributed by atoms with Crippen molar-refractivity contribution >= 4 is 12.2 Å². The molecular weight excluding hydrogens is 208 g/mol. The van der Waals surface area contributed by atoms with E-state index >= 15 is 0 Å². The molecule has 0 aliphatic rings. The average molecular weight is 230 g/mol. The van der Waals surface area contributed by atoms with E-state index in [-0.39, 0.29) is 0 Å².